The first-order valence-corrected chi connectivity index (χ1v) is 9.09. The molecule has 146 valence electrons. The number of phenols is 1. The molecule has 1 unspecified atom stereocenters. The Labute approximate surface area is 162 Å². The van der Waals surface area contributed by atoms with Crippen molar-refractivity contribution in [3.63, 3.8) is 0 Å². The van der Waals surface area contributed by atoms with Crippen molar-refractivity contribution in [2.24, 2.45) is 0 Å². The maximum atomic E-state index is 13.5. The molecule has 0 saturated carbocycles. The SMILES string of the molecule is Oc1ccc(C(CCCc2cccc(Oc3ccccc3)c2)C(F)(F)F)cc1. The molecule has 3 rings (SSSR count). The van der Waals surface area contributed by atoms with Crippen LogP contribution in [0.4, 0.5) is 13.2 Å². The van der Waals surface area contributed by atoms with Crippen molar-refractivity contribution in [2.75, 3.05) is 0 Å². The molecule has 0 heterocycles. The van der Waals surface area contributed by atoms with Gasteiger partial charge in [-0.3, -0.25) is 0 Å². The fourth-order valence-electron chi connectivity index (χ4n) is 3.13. The van der Waals surface area contributed by atoms with Crippen LogP contribution in [0.2, 0.25) is 0 Å². The van der Waals surface area contributed by atoms with Crippen LogP contribution in [0.1, 0.15) is 29.9 Å². The molecule has 0 aliphatic heterocycles. The number of para-hydroxylation sites is 1. The van der Waals surface area contributed by atoms with Gasteiger partial charge in [-0.05, 0) is 66.8 Å². The predicted molar refractivity (Wildman–Crippen MR) is 103 cm³/mol. The summed E-state index contributed by atoms with van der Waals surface area (Å²) in [6.45, 7) is 0. The van der Waals surface area contributed by atoms with E-state index in [-0.39, 0.29) is 17.7 Å². The largest absolute Gasteiger partial charge is 0.508 e. The molecule has 2 nitrogen and oxygen atoms in total. The van der Waals surface area contributed by atoms with E-state index in [0.29, 0.717) is 24.3 Å². The summed E-state index contributed by atoms with van der Waals surface area (Å²) in [4.78, 5) is 0. The zero-order valence-electron chi connectivity index (χ0n) is 15.2. The molecule has 3 aromatic rings. The van der Waals surface area contributed by atoms with Gasteiger partial charge < -0.3 is 9.84 Å². The van der Waals surface area contributed by atoms with Gasteiger partial charge >= 0.3 is 6.18 Å². The third-order valence-corrected chi connectivity index (χ3v) is 4.53. The third-order valence-electron chi connectivity index (χ3n) is 4.53. The van der Waals surface area contributed by atoms with E-state index in [1.807, 2.05) is 54.6 Å². The highest BCUT2D eigenvalue weighted by Crippen LogP contribution is 2.39. The van der Waals surface area contributed by atoms with Crippen LogP contribution in [0.25, 0.3) is 0 Å². The molecule has 3 aromatic carbocycles. The van der Waals surface area contributed by atoms with Gasteiger partial charge in [-0.25, -0.2) is 0 Å². The molecule has 0 aromatic heterocycles. The van der Waals surface area contributed by atoms with Crippen molar-refractivity contribution < 1.29 is 23.0 Å². The van der Waals surface area contributed by atoms with E-state index < -0.39 is 12.1 Å². The normalized spacial score (nSPS) is 12.5. The monoisotopic (exact) mass is 386 g/mol. The molecule has 0 bridgehead atoms. The van der Waals surface area contributed by atoms with Crippen molar-refractivity contribution in [3.05, 3.63) is 90.0 Å². The average Bonchev–Trinajstić information content (AvgIpc) is 2.66. The molecule has 0 amide bonds. The lowest BCUT2D eigenvalue weighted by Crippen LogP contribution is -2.21. The van der Waals surface area contributed by atoms with Gasteiger partial charge in [0, 0.05) is 0 Å². The van der Waals surface area contributed by atoms with E-state index in [1.54, 1.807) is 0 Å². The number of hydrogen-bond acceptors (Lipinski definition) is 2. The van der Waals surface area contributed by atoms with Crippen molar-refractivity contribution >= 4 is 0 Å². The molecule has 1 atom stereocenters. The molecular weight excluding hydrogens is 365 g/mol. The third kappa shape index (κ3) is 5.52. The van der Waals surface area contributed by atoms with E-state index in [0.717, 1.165) is 5.56 Å². The van der Waals surface area contributed by atoms with E-state index in [4.69, 9.17) is 4.74 Å². The van der Waals surface area contributed by atoms with Crippen LogP contribution in [0.5, 0.6) is 17.2 Å². The lowest BCUT2D eigenvalue weighted by molar-refractivity contribution is -0.152. The Balaban J connectivity index is 1.62. The molecule has 0 aliphatic carbocycles. The Hall–Kier alpha value is -2.95. The van der Waals surface area contributed by atoms with Gasteiger partial charge in [0.2, 0.25) is 0 Å². The van der Waals surface area contributed by atoms with Crippen LogP contribution < -0.4 is 4.74 Å². The first kappa shape index (κ1) is 19.8. The number of halogens is 3. The quantitative estimate of drug-likeness (QED) is 0.481. The van der Waals surface area contributed by atoms with E-state index >= 15 is 0 Å². The van der Waals surface area contributed by atoms with Gasteiger partial charge in [0.25, 0.3) is 0 Å². The second-order valence-electron chi connectivity index (χ2n) is 6.64. The van der Waals surface area contributed by atoms with Crippen LogP contribution >= 0.6 is 0 Å². The molecule has 28 heavy (non-hydrogen) atoms. The summed E-state index contributed by atoms with van der Waals surface area (Å²) in [7, 11) is 0. The van der Waals surface area contributed by atoms with E-state index in [9.17, 15) is 18.3 Å². The number of hydrogen-bond donors (Lipinski definition) is 1. The fraction of sp³-hybridized carbons (Fsp3) is 0.217. The fourth-order valence-corrected chi connectivity index (χ4v) is 3.13. The smallest absolute Gasteiger partial charge is 0.395 e. The van der Waals surface area contributed by atoms with E-state index in [1.165, 1.54) is 24.3 Å². The Morgan fingerprint density at radius 1 is 0.821 bits per heavy atom. The number of alkyl halides is 3. The van der Waals surface area contributed by atoms with Crippen molar-refractivity contribution in [2.45, 2.75) is 31.4 Å². The zero-order chi connectivity index (χ0) is 20.0. The molecule has 5 heteroatoms. The predicted octanol–water partition coefficient (Wildman–Crippen LogP) is 6.85. The van der Waals surface area contributed by atoms with Gasteiger partial charge in [0.1, 0.15) is 17.2 Å². The average molecular weight is 386 g/mol. The highest BCUT2D eigenvalue weighted by molar-refractivity contribution is 5.34. The molecule has 0 fully saturated rings. The lowest BCUT2D eigenvalue weighted by atomic mass is 9.92. The van der Waals surface area contributed by atoms with Gasteiger partial charge in [0.15, 0.2) is 0 Å². The van der Waals surface area contributed by atoms with Crippen molar-refractivity contribution in [1.29, 1.82) is 0 Å². The minimum atomic E-state index is -4.32. The number of ether oxygens (including phenoxy) is 1. The van der Waals surface area contributed by atoms with Gasteiger partial charge in [-0.15, -0.1) is 0 Å². The van der Waals surface area contributed by atoms with Crippen molar-refractivity contribution in [1.82, 2.24) is 0 Å². The first-order valence-electron chi connectivity index (χ1n) is 9.09. The highest BCUT2D eigenvalue weighted by atomic mass is 19.4. The Morgan fingerprint density at radius 3 is 2.18 bits per heavy atom. The maximum absolute atomic E-state index is 13.5. The molecule has 0 aliphatic rings. The van der Waals surface area contributed by atoms with Crippen LogP contribution in [0.3, 0.4) is 0 Å². The minimum absolute atomic E-state index is 0.0158. The van der Waals surface area contributed by atoms with Crippen LogP contribution in [-0.4, -0.2) is 11.3 Å². The summed E-state index contributed by atoms with van der Waals surface area (Å²) in [6.07, 6.45) is -3.43. The summed E-state index contributed by atoms with van der Waals surface area (Å²) in [5.41, 5.74) is 1.10. The first-order chi connectivity index (χ1) is 13.4. The summed E-state index contributed by atoms with van der Waals surface area (Å²) in [5, 5.41) is 9.30. The summed E-state index contributed by atoms with van der Waals surface area (Å²) < 4.78 is 46.1. The number of aromatic hydroxyl groups is 1. The topological polar surface area (TPSA) is 29.5 Å². The van der Waals surface area contributed by atoms with Crippen LogP contribution in [0, 0.1) is 0 Å². The summed E-state index contributed by atoms with van der Waals surface area (Å²) in [5.74, 6) is -0.213. The summed E-state index contributed by atoms with van der Waals surface area (Å²) in [6, 6.07) is 22.0. The summed E-state index contributed by atoms with van der Waals surface area (Å²) >= 11 is 0. The molecule has 1 N–H and O–H groups in total. The molecular formula is C23H21F3O2. The van der Waals surface area contributed by atoms with Crippen LogP contribution in [0.15, 0.2) is 78.9 Å². The second-order valence-corrected chi connectivity index (χ2v) is 6.64. The highest BCUT2D eigenvalue weighted by Gasteiger charge is 2.39. The minimum Gasteiger partial charge on any atom is -0.508 e. The lowest BCUT2D eigenvalue weighted by Gasteiger charge is -2.21. The van der Waals surface area contributed by atoms with Gasteiger partial charge in [-0.1, -0.05) is 42.5 Å². The van der Waals surface area contributed by atoms with Gasteiger partial charge in [0.05, 0.1) is 5.92 Å². The number of aryl methyl sites for hydroxylation is 1. The molecule has 0 spiro atoms. The standard InChI is InChI=1S/C23H21F3O2/c24-23(25,26)22(18-12-14-19(27)15-13-18)11-5-7-17-6-4-10-21(16-17)28-20-8-2-1-3-9-20/h1-4,6,8-10,12-16,22,27H,5,7,11H2. The number of benzene rings is 3. The number of phenolic OH excluding ortho intramolecular Hbond substituents is 1. The molecule has 0 saturated heterocycles. The maximum Gasteiger partial charge on any atom is 0.395 e. The Bertz CT molecular complexity index is 874. The van der Waals surface area contributed by atoms with E-state index in [2.05, 4.69) is 0 Å². The second kappa shape index (κ2) is 8.83. The Kier molecular flexibility index (Phi) is 6.24. The molecule has 0 radical (unpaired) electrons. The van der Waals surface area contributed by atoms with Gasteiger partial charge in [-0.2, -0.15) is 13.2 Å². The van der Waals surface area contributed by atoms with Crippen LogP contribution in [-0.2, 0) is 6.42 Å². The number of rotatable bonds is 7. The Morgan fingerprint density at radius 2 is 1.50 bits per heavy atom. The zero-order valence-corrected chi connectivity index (χ0v) is 15.2. The van der Waals surface area contributed by atoms with Crippen molar-refractivity contribution in [3.8, 4) is 17.2 Å².